The average molecular weight is 1210 g/mol. The molecule has 6 heteroatoms. The van der Waals surface area contributed by atoms with Gasteiger partial charge in [-0.2, -0.15) is 0 Å². The van der Waals surface area contributed by atoms with Crippen LogP contribution >= 0.6 is 9.91 Å². The second kappa shape index (κ2) is 20.0. The molecule has 0 nitrogen and oxygen atoms in total. The van der Waals surface area contributed by atoms with Crippen molar-refractivity contribution < 1.29 is 0 Å². The molecule has 0 aromatic heterocycles. The molecule has 0 atom stereocenters. The summed E-state index contributed by atoms with van der Waals surface area (Å²) in [5.74, 6) is 0. The number of rotatable bonds is 12. The third-order valence-electron chi connectivity index (χ3n) is 12.0. The molecule has 9 aromatic carbocycles. The fraction of sp³-hybridized carbons (Fsp3) is 0.0526. The Kier molecular flexibility index (Phi) is 13.8. The minimum atomic E-state index is -0.671. The summed E-state index contributed by atoms with van der Waals surface area (Å²) in [6.45, 7) is 0. The van der Waals surface area contributed by atoms with Gasteiger partial charge in [0.2, 0.25) is 0 Å². The Hall–Kier alpha value is -3.36. The molecule has 1 heterocycles. The summed E-state index contributed by atoms with van der Waals surface area (Å²) in [6, 6.07) is 106. The molecule has 0 saturated carbocycles. The molecule has 1 aliphatic rings. The Morgan fingerprint density at radius 3 is 0.397 bits per heavy atom. The first kappa shape index (κ1) is 43.5. The van der Waals surface area contributed by atoms with Gasteiger partial charge in [-0.3, -0.25) is 0 Å². The van der Waals surface area contributed by atoms with E-state index >= 15 is 0 Å². The predicted octanol–water partition coefficient (Wildman–Crippen LogP) is 15.0. The molecule has 1 aliphatic heterocycles. The summed E-state index contributed by atoms with van der Waals surface area (Å²) >= 11 is -2.01. The number of hydrogen-bond donors (Lipinski definition) is 0. The van der Waals surface area contributed by atoms with Gasteiger partial charge in [-0.15, -0.1) is 0 Å². The van der Waals surface area contributed by atoms with Crippen LogP contribution in [-0.4, -0.2) is 59.5 Å². The van der Waals surface area contributed by atoms with Crippen LogP contribution in [0, 0.1) is 0 Å². The fourth-order valence-corrected chi connectivity index (χ4v) is 260. The van der Waals surface area contributed by atoms with Gasteiger partial charge >= 0.3 is 408 Å². The van der Waals surface area contributed by atoms with Crippen LogP contribution in [0.4, 0.5) is 0 Å². The van der Waals surface area contributed by atoms with Crippen molar-refractivity contribution in [3.63, 3.8) is 0 Å². The van der Waals surface area contributed by atoms with Crippen LogP contribution in [0.2, 0.25) is 0 Å². The van der Waals surface area contributed by atoms with E-state index in [1.807, 2.05) is 0 Å². The van der Waals surface area contributed by atoms with Crippen LogP contribution < -0.4 is 0 Å². The molecule has 0 radical (unpaired) electrons. The molecule has 0 N–H and O–H groups in total. The average Bonchev–Trinajstić information content (AvgIpc) is 3.38. The molecule has 10 rings (SSSR count). The van der Waals surface area contributed by atoms with Crippen molar-refractivity contribution in [3.05, 3.63) is 323 Å². The third kappa shape index (κ3) is 8.07. The molecular weight excluding hydrogens is 1160 g/mol. The van der Waals surface area contributed by atoms with Gasteiger partial charge in [0.05, 0.1) is 0 Å². The van der Waals surface area contributed by atoms with Crippen molar-refractivity contribution in [3.8, 4) is 0 Å². The van der Waals surface area contributed by atoms with E-state index in [0.717, 1.165) is 0 Å². The van der Waals surface area contributed by atoms with E-state index in [4.69, 9.17) is 0 Å². The molecular formula is C57H45P3Te3. The molecule has 306 valence electrons. The van der Waals surface area contributed by atoms with Gasteiger partial charge in [0.25, 0.3) is 0 Å². The third-order valence-corrected chi connectivity index (χ3v) is 125. The Bertz CT molecular complexity index is 2190. The van der Waals surface area contributed by atoms with Crippen LogP contribution in [-0.2, 0) is 15.5 Å². The van der Waals surface area contributed by atoms with E-state index in [1.165, 1.54) is 50.1 Å². The van der Waals surface area contributed by atoms with Crippen molar-refractivity contribution in [2.45, 2.75) is 15.5 Å². The summed E-state index contributed by atoms with van der Waals surface area (Å²) < 4.78 is -1.64. The number of hydrogen-bond acceptors (Lipinski definition) is 0. The van der Waals surface area contributed by atoms with Crippen molar-refractivity contribution in [1.82, 2.24) is 0 Å². The van der Waals surface area contributed by atoms with Crippen molar-refractivity contribution in [2.24, 2.45) is 0 Å². The molecule has 0 spiro atoms. The zero-order chi connectivity index (χ0) is 42.4. The Morgan fingerprint density at radius 1 is 0.175 bits per heavy atom. The van der Waals surface area contributed by atoms with Gasteiger partial charge in [0.15, 0.2) is 0 Å². The van der Waals surface area contributed by atoms with Gasteiger partial charge in [0, 0.05) is 0 Å². The normalized spacial score (nSPS) is 16.9. The van der Waals surface area contributed by atoms with Crippen LogP contribution in [0.15, 0.2) is 273 Å². The Morgan fingerprint density at radius 2 is 0.286 bits per heavy atom. The Labute approximate surface area is 403 Å². The van der Waals surface area contributed by atoms with Crippen molar-refractivity contribution >= 4 is 69.4 Å². The quantitative estimate of drug-likeness (QED) is 0.0650. The summed E-state index contributed by atoms with van der Waals surface area (Å²) in [4.78, 5) is 0. The second-order valence-electron chi connectivity index (χ2n) is 15.4. The second-order valence-corrected chi connectivity index (χ2v) is 72.4. The van der Waals surface area contributed by atoms with Gasteiger partial charge in [-0.1, -0.05) is 0 Å². The van der Waals surface area contributed by atoms with Crippen LogP contribution in [0.1, 0.15) is 50.1 Å². The maximum absolute atomic E-state index is 2.48. The van der Waals surface area contributed by atoms with E-state index in [0.29, 0.717) is 0 Å². The van der Waals surface area contributed by atoms with Gasteiger partial charge in [0.1, 0.15) is 0 Å². The van der Waals surface area contributed by atoms with Gasteiger partial charge in [-0.05, 0) is 0 Å². The Balaban J connectivity index is 1.35. The zero-order valence-corrected chi connectivity index (χ0v) is 44.2. The zero-order valence-electron chi connectivity index (χ0n) is 34.5. The van der Waals surface area contributed by atoms with Crippen LogP contribution in [0.3, 0.4) is 0 Å². The predicted molar refractivity (Wildman–Crippen MR) is 276 cm³/mol. The molecule has 1 saturated heterocycles. The molecule has 1 fully saturated rings. The van der Waals surface area contributed by atoms with E-state index < -0.39 is 69.4 Å². The SMILES string of the molecule is c1ccc(C(c2ccccc2)(c2ccccc2)P2[Te]P(C(c3ccccc3)(c3ccccc3)c3ccccc3)[Te]P(C(c3ccccc3)(c3ccccc3)c3ccccc3)[Te]2)cc1. The first-order valence-electron chi connectivity index (χ1n) is 21.2. The summed E-state index contributed by atoms with van der Waals surface area (Å²) in [7, 11) is 0. The van der Waals surface area contributed by atoms with E-state index in [1.54, 1.807) is 0 Å². The molecule has 0 amide bonds. The summed E-state index contributed by atoms with van der Waals surface area (Å²) in [5.41, 5.74) is 13.2. The minimum absolute atomic E-state index is 0.246. The molecule has 63 heavy (non-hydrogen) atoms. The van der Waals surface area contributed by atoms with Crippen LogP contribution in [0.5, 0.6) is 0 Å². The number of benzene rings is 9. The molecule has 9 aromatic rings. The molecule has 0 aliphatic carbocycles. The summed E-state index contributed by atoms with van der Waals surface area (Å²) in [5, 5.41) is -0.739. The first-order chi connectivity index (χ1) is 31.3. The van der Waals surface area contributed by atoms with Crippen LogP contribution in [0.25, 0.3) is 0 Å². The fourth-order valence-electron chi connectivity index (χ4n) is 9.18. The molecule has 0 unspecified atom stereocenters. The first-order valence-corrected chi connectivity index (χ1v) is 43.5. The topological polar surface area (TPSA) is 0 Å². The van der Waals surface area contributed by atoms with Crippen molar-refractivity contribution in [1.29, 1.82) is 0 Å². The van der Waals surface area contributed by atoms with Crippen molar-refractivity contribution in [2.75, 3.05) is 0 Å². The van der Waals surface area contributed by atoms with E-state index in [2.05, 4.69) is 273 Å². The van der Waals surface area contributed by atoms with Gasteiger partial charge in [-0.25, -0.2) is 0 Å². The van der Waals surface area contributed by atoms with E-state index in [9.17, 15) is 0 Å². The van der Waals surface area contributed by atoms with Gasteiger partial charge < -0.3 is 0 Å². The maximum atomic E-state index is 2.48. The summed E-state index contributed by atoms with van der Waals surface area (Å²) in [6.07, 6.45) is 0. The molecule has 0 bridgehead atoms. The standard InChI is InChI=1S/C57H45P3Te3/c1-10-28-46(29-11-1)55(47-30-12-2-13-31-47,48-32-14-3-15-33-48)58-61-59(56(49-34-16-4-17-35-49,50-36-18-5-19-37-50)51-38-20-6-21-39-51)63-60(62-58)57(52-40-22-7-23-41-52,53-42-24-8-25-43-53)54-44-26-9-27-45-54/h1-45H. The monoisotopic (exact) mass is 1210 g/mol. The van der Waals surface area contributed by atoms with E-state index in [-0.39, 0.29) is 15.5 Å².